The second-order valence-corrected chi connectivity index (χ2v) is 5.55. The van der Waals surface area contributed by atoms with E-state index in [0.29, 0.717) is 12.5 Å². The number of rotatable bonds is 4. The lowest BCUT2D eigenvalue weighted by molar-refractivity contribution is 0.416. The number of thiazole rings is 1. The van der Waals surface area contributed by atoms with E-state index in [4.69, 9.17) is 10.5 Å². The number of ether oxygens (including phenoxy) is 1. The molecule has 0 aliphatic heterocycles. The molecule has 1 heterocycles. The molecule has 1 aromatic heterocycles. The molecule has 18 heavy (non-hydrogen) atoms. The third kappa shape index (κ3) is 2.54. The molecule has 0 fully saturated rings. The number of aromatic nitrogens is 1. The van der Waals surface area contributed by atoms with Crippen molar-refractivity contribution in [2.75, 3.05) is 7.11 Å². The minimum atomic E-state index is 0.483. The van der Waals surface area contributed by atoms with Crippen molar-refractivity contribution in [1.29, 1.82) is 0 Å². The van der Waals surface area contributed by atoms with E-state index in [1.165, 1.54) is 5.56 Å². The van der Waals surface area contributed by atoms with Crippen LogP contribution in [0.25, 0.3) is 10.4 Å². The van der Waals surface area contributed by atoms with Gasteiger partial charge in [-0.3, -0.25) is 0 Å². The summed E-state index contributed by atoms with van der Waals surface area (Å²) in [5, 5.41) is 0.946. The van der Waals surface area contributed by atoms with Crippen molar-refractivity contribution < 1.29 is 4.74 Å². The lowest BCUT2D eigenvalue weighted by Crippen LogP contribution is -1.93. The first kappa shape index (κ1) is 13.1. The smallest absolute Gasteiger partial charge is 0.127 e. The Morgan fingerprint density at radius 3 is 2.72 bits per heavy atom. The molecule has 0 atom stereocenters. The molecule has 0 saturated heterocycles. The minimum absolute atomic E-state index is 0.483. The Balaban J connectivity index is 2.49. The first-order valence-corrected chi connectivity index (χ1v) is 6.80. The molecule has 0 spiro atoms. The fraction of sp³-hybridized carbons (Fsp3) is 0.357. The van der Waals surface area contributed by atoms with Gasteiger partial charge in [-0.1, -0.05) is 19.9 Å². The summed E-state index contributed by atoms with van der Waals surface area (Å²) < 4.78 is 5.43. The average molecular weight is 262 g/mol. The van der Waals surface area contributed by atoms with Crippen LogP contribution < -0.4 is 10.5 Å². The molecule has 3 nitrogen and oxygen atoms in total. The maximum absolute atomic E-state index is 5.61. The minimum Gasteiger partial charge on any atom is -0.496 e. The van der Waals surface area contributed by atoms with Gasteiger partial charge in [-0.25, -0.2) is 4.98 Å². The van der Waals surface area contributed by atoms with Gasteiger partial charge in [0, 0.05) is 18.3 Å². The molecule has 0 amide bonds. The van der Waals surface area contributed by atoms with Crippen LogP contribution >= 0.6 is 11.3 Å². The SMILES string of the molecule is COc1ccc(C(C)C)cc1-c1cnc(CN)s1. The maximum atomic E-state index is 5.61. The van der Waals surface area contributed by atoms with Crippen LogP contribution in [-0.4, -0.2) is 12.1 Å². The first-order chi connectivity index (χ1) is 8.65. The van der Waals surface area contributed by atoms with E-state index in [2.05, 4.69) is 31.0 Å². The molecule has 2 aromatic rings. The van der Waals surface area contributed by atoms with Crippen molar-refractivity contribution in [1.82, 2.24) is 4.98 Å². The van der Waals surface area contributed by atoms with E-state index in [9.17, 15) is 0 Å². The molecular weight excluding hydrogens is 244 g/mol. The van der Waals surface area contributed by atoms with Crippen LogP contribution in [0.5, 0.6) is 5.75 Å². The van der Waals surface area contributed by atoms with Gasteiger partial charge in [0.25, 0.3) is 0 Å². The Morgan fingerprint density at radius 2 is 2.17 bits per heavy atom. The number of benzene rings is 1. The Morgan fingerprint density at radius 1 is 1.39 bits per heavy atom. The summed E-state index contributed by atoms with van der Waals surface area (Å²) >= 11 is 1.62. The van der Waals surface area contributed by atoms with Gasteiger partial charge in [0.15, 0.2) is 0 Å². The van der Waals surface area contributed by atoms with Gasteiger partial charge >= 0.3 is 0 Å². The van der Waals surface area contributed by atoms with Crippen molar-refractivity contribution >= 4 is 11.3 Å². The monoisotopic (exact) mass is 262 g/mol. The van der Waals surface area contributed by atoms with Crippen LogP contribution in [0.4, 0.5) is 0 Å². The Bertz CT molecular complexity index is 534. The molecule has 96 valence electrons. The molecule has 0 aliphatic carbocycles. The predicted octanol–water partition coefficient (Wildman–Crippen LogP) is 3.40. The van der Waals surface area contributed by atoms with Crippen LogP contribution in [0.2, 0.25) is 0 Å². The standard InChI is InChI=1S/C14H18N2OS/c1-9(2)10-4-5-12(17-3)11(6-10)13-8-16-14(7-15)18-13/h4-6,8-9H,7,15H2,1-3H3. The van der Waals surface area contributed by atoms with E-state index < -0.39 is 0 Å². The number of methoxy groups -OCH3 is 1. The molecule has 1 aromatic carbocycles. The topological polar surface area (TPSA) is 48.1 Å². The summed E-state index contributed by atoms with van der Waals surface area (Å²) in [6.07, 6.45) is 1.87. The van der Waals surface area contributed by atoms with Crippen LogP contribution in [0, 0.1) is 0 Å². The highest BCUT2D eigenvalue weighted by molar-refractivity contribution is 7.15. The second-order valence-electron chi connectivity index (χ2n) is 4.44. The fourth-order valence-electron chi connectivity index (χ4n) is 1.81. The van der Waals surface area contributed by atoms with Crippen molar-refractivity contribution in [3.05, 3.63) is 35.0 Å². The zero-order chi connectivity index (χ0) is 13.1. The molecule has 0 aliphatic rings. The van der Waals surface area contributed by atoms with Crippen molar-refractivity contribution in [3.63, 3.8) is 0 Å². The Hall–Kier alpha value is -1.39. The Labute approximate surface area is 112 Å². The van der Waals surface area contributed by atoms with E-state index in [0.717, 1.165) is 21.2 Å². The summed E-state index contributed by atoms with van der Waals surface area (Å²) in [7, 11) is 1.69. The molecule has 2 rings (SSSR count). The first-order valence-electron chi connectivity index (χ1n) is 5.98. The van der Waals surface area contributed by atoms with E-state index in [1.54, 1.807) is 18.4 Å². The van der Waals surface area contributed by atoms with Crippen LogP contribution in [0.3, 0.4) is 0 Å². The molecular formula is C14H18N2OS. The van der Waals surface area contributed by atoms with Crippen molar-refractivity contribution in [2.45, 2.75) is 26.3 Å². The zero-order valence-corrected chi connectivity index (χ0v) is 11.8. The van der Waals surface area contributed by atoms with Crippen LogP contribution in [-0.2, 0) is 6.54 Å². The third-order valence-corrected chi connectivity index (χ3v) is 3.94. The molecule has 0 bridgehead atoms. The average Bonchev–Trinajstić information content (AvgIpc) is 2.86. The summed E-state index contributed by atoms with van der Waals surface area (Å²) in [6.45, 7) is 4.85. The highest BCUT2D eigenvalue weighted by Gasteiger charge is 2.11. The van der Waals surface area contributed by atoms with E-state index >= 15 is 0 Å². The maximum Gasteiger partial charge on any atom is 0.127 e. The summed E-state index contributed by atoms with van der Waals surface area (Å²) in [5.74, 6) is 1.38. The highest BCUT2D eigenvalue weighted by Crippen LogP contribution is 2.35. The van der Waals surface area contributed by atoms with Crippen molar-refractivity contribution in [3.8, 4) is 16.2 Å². The molecule has 0 radical (unpaired) electrons. The molecule has 4 heteroatoms. The lowest BCUT2D eigenvalue weighted by Gasteiger charge is -2.11. The molecule has 0 saturated carbocycles. The number of hydrogen-bond acceptors (Lipinski definition) is 4. The Kier molecular flexibility index (Phi) is 3.99. The quantitative estimate of drug-likeness (QED) is 0.918. The second kappa shape index (κ2) is 5.50. The largest absolute Gasteiger partial charge is 0.496 e. The van der Waals surface area contributed by atoms with Gasteiger partial charge in [-0.05, 0) is 23.6 Å². The summed E-state index contributed by atoms with van der Waals surface area (Å²) in [4.78, 5) is 5.41. The third-order valence-electron chi connectivity index (χ3n) is 2.88. The fourth-order valence-corrected chi connectivity index (χ4v) is 2.62. The van der Waals surface area contributed by atoms with Crippen LogP contribution in [0.15, 0.2) is 24.4 Å². The van der Waals surface area contributed by atoms with Crippen LogP contribution in [0.1, 0.15) is 30.3 Å². The number of hydrogen-bond donors (Lipinski definition) is 1. The van der Waals surface area contributed by atoms with Gasteiger partial charge in [0.1, 0.15) is 10.8 Å². The molecule has 2 N–H and O–H groups in total. The normalized spacial score (nSPS) is 10.9. The van der Waals surface area contributed by atoms with E-state index in [-0.39, 0.29) is 0 Å². The van der Waals surface area contributed by atoms with Gasteiger partial charge in [0.2, 0.25) is 0 Å². The zero-order valence-electron chi connectivity index (χ0n) is 10.9. The van der Waals surface area contributed by atoms with E-state index in [1.807, 2.05) is 12.3 Å². The summed E-state index contributed by atoms with van der Waals surface area (Å²) in [6, 6.07) is 6.31. The number of nitrogens with two attached hydrogens (primary N) is 1. The van der Waals surface area contributed by atoms with Gasteiger partial charge < -0.3 is 10.5 Å². The lowest BCUT2D eigenvalue weighted by atomic mass is 10.00. The van der Waals surface area contributed by atoms with Gasteiger partial charge in [-0.2, -0.15) is 0 Å². The molecule has 0 unspecified atom stereocenters. The van der Waals surface area contributed by atoms with Gasteiger partial charge in [0.05, 0.1) is 12.0 Å². The van der Waals surface area contributed by atoms with Gasteiger partial charge in [-0.15, -0.1) is 11.3 Å². The summed E-state index contributed by atoms with van der Waals surface area (Å²) in [5.41, 5.74) is 8.00. The van der Waals surface area contributed by atoms with Crippen molar-refractivity contribution in [2.24, 2.45) is 5.73 Å². The number of nitrogens with zero attached hydrogens (tertiary/aromatic N) is 1. The predicted molar refractivity (Wildman–Crippen MR) is 76.1 cm³/mol. The highest BCUT2D eigenvalue weighted by atomic mass is 32.1.